The molecule has 1 rings (SSSR count). The molecule has 1 aromatic rings. The van der Waals surface area contributed by atoms with Crippen molar-refractivity contribution in [2.75, 3.05) is 6.54 Å². The van der Waals surface area contributed by atoms with Crippen molar-refractivity contribution in [2.45, 2.75) is 0 Å². The highest BCUT2D eigenvalue weighted by atomic mass is 35.5. The van der Waals surface area contributed by atoms with Crippen molar-refractivity contribution in [3.8, 4) is 0 Å². The van der Waals surface area contributed by atoms with Crippen LogP contribution in [0.15, 0.2) is 12.7 Å². The van der Waals surface area contributed by atoms with E-state index in [1.807, 2.05) is 0 Å². The fraction of sp³-hybridized carbons (Fsp3) is 0.111. The summed E-state index contributed by atoms with van der Waals surface area (Å²) in [6.07, 6.45) is 1.52. The van der Waals surface area contributed by atoms with Gasteiger partial charge in [-0.3, -0.25) is 4.79 Å². The highest BCUT2D eigenvalue weighted by Gasteiger charge is 2.19. The Kier molecular flexibility index (Phi) is 4.87. The number of aromatic nitrogens is 1. The van der Waals surface area contributed by atoms with Crippen LogP contribution in [0.5, 0.6) is 0 Å². The summed E-state index contributed by atoms with van der Waals surface area (Å²) in [5.74, 6) is -0.495. The van der Waals surface area contributed by atoms with Gasteiger partial charge in [0.25, 0.3) is 5.91 Å². The predicted molar refractivity (Wildman–Crippen MR) is 66.8 cm³/mol. The summed E-state index contributed by atoms with van der Waals surface area (Å²) in [6, 6.07) is 0. The molecule has 0 spiro atoms. The lowest BCUT2D eigenvalue weighted by Gasteiger charge is -2.07. The number of nitrogens with one attached hydrogen (secondary N) is 1. The predicted octanol–water partition coefficient (Wildman–Crippen LogP) is 3.61. The second-order valence-corrected chi connectivity index (χ2v) is 4.18. The van der Waals surface area contributed by atoms with Crippen LogP contribution in [0.3, 0.4) is 0 Å². The summed E-state index contributed by atoms with van der Waals surface area (Å²) in [5.41, 5.74) is -0.0667. The fourth-order valence-electron chi connectivity index (χ4n) is 0.886. The van der Waals surface area contributed by atoms with E-state index in [9.17, 15) is 4.79 Å². The molecule has 1 amide bonds. The number of carbonyl (C=O) groups is 1. The fourth-order valence-corrected chi connectivity index (χ4v) is 1.70. The molecule has 0 atom stereocenters. The normalized spacial score (nSPS) is 10.0. The van der Waals surface area contributed by atoms with E-state index in [0.717, 1.165) is 0 Å². The minimum absolute atomic E-state index is 0.00656. The number of nitrogens with zero attached hydrogens (tertiary/aromatic N) is 1. The van der Waals surface area contributed by atoms with E-state index in [0.29, 0.717) is 0 Å². The standard InChI is InChI=1S/C9H6Cl4N2O/c1-2-3-14-9(16)7-5(11)4(10)6(12)8(13)15-7/h2H,1,3H2,(H,14,16). The zero-order valence-electron chi connectivity index (χ0n) is 7.86. The summed E-state index contributed by atoms with van der Waals surface area (Å²) in [5, 5.41) is 2.43. The van der Waals surface area contributed by atoms with Crippen LogP contribution in [0.2, 0.25) is 20.2 Å². The Bertz CT molecular complexity index is 448. The van der Waals surface area contributed by atoms with Crippen molar-refractivity contribution in [3.63, 3.8) is 0 Å². The van der Waals surface area contributed by atoms with Gasteiger partial charge in [0.1, 0.15) is 10.8 Å². The molecule has 0 aromatic carbocycles. The van der Waals surface area contributed by atoms with Gasteiger partial charge in [-0.2, -0.15) is 0 Å². The van der Waals surface area contributed by atoms with Gasteiger partial charge in [0.2, 0.25) is 0 Å². The van der Waals surface area contributed by atoms with Gasteiger partial charge in [-0.05, 0) is 0 Å². The second-order valence-electron chi connectivity index (χ2n) is 2.69. The molecule has 16 heavy (non-hydrogen) atoms. The van der Waals surface area contributed by atoms with Gasteiger partial charge in [0.05, 0.1) is 15.1 Å². The van der Waals surface area contributed by atoms with Gasteiger partial charge in [-0.1, -0.05) is 52.5 Å². The van der Waals surface area contributed by atoms with Crippen molar-refractivity contribution in [2.24, 2.45) is 0 Å². The van der Waals surface area contributed by atoms with Crippen molar-refractivity contribution in [1.82, 2.24) is 10.3 Å². The minimum atomic E-state index is -0.495. The van der Waals surface area contributed by atoms with Gasteiger partial charge in [0, 0.05) is 6.54 Å². The Morgan fingerprint density at radius 2 is 1.88 bits per heavy atom. The first-order valence-corrected chi connectivity index (χ1v) is 5.59. The summed E-state index contributed by atoms with van der Waals surface area (Å²) in [4.78, 5) is 15.3. The zero-order chi connectivity index (χ0) is 12.3. The zero-order valence-corrected chi connectivity index (χ0v) is 10.9. The first-order chi connectivity index (χ1) is 7.49. The molecule has 1 heterocycles. The Hall–Kier alpha value is -0.480. The Balaban J connectivity index is 3.14. The number of halogens is 4. The van der Waals surface area contributed by atoms with Crippen LogP contribution in [-0.2, 0) is 0 Å². The average molecular weight is 300 g/mol. The van der Waals surface area contributed by atoms with E-state index in [-0.39, 0.29) is 32.5 Å². The van der Waals surface area contributed by atoms with E-state index in [4.69, 9.17) is 46.4 Å². The molecule has 0 saturated heterocycles. The SMILES string of the molecule is C=CCNC(=O)c1nc(Cl)c(Cl)c(Cl)c1Cl. The quantitative estimate of drug-likeness (QED) is 0.684. The Labute approximate surface area is 112 Å². The number of pyridine rings is 1. The van der Waals surface area contributed by atoms with Gasteiger partial charge in [-0.25, -0.2) is 4.98 Å². The van der Waals surface area contributed by atoms with Crippen molar-refractivity contribution >= 4 is 52.3 Å². The molecule has 0 bridgehead atoms. The maximum Gasteiger partial charge on any atom is 0.271 e. The molecular weight excluding hydrogens is 294 g/mol. The van der Waals surface area contributed by atoms with E-state index in [2.05, 4.69) is 16.9 Å². The number of hydrogen-bond acceptors (Lipinski definition) is 2. The van der Waals surface area contributed by atoms with Crippen LogP contribution in [0.4, 0.5) is 0 Å². The molecule has 0 radical (unpaired) electrons. The van der Waals surface area contributed by atoms with E-state index < -0.39 is 5.91 Å². The summed E-state index contributed by atoms with van der Waals surface area (Å²) < 4.78 is 0. The molecule has 0 saturated carbocycles. The maximum atomic E-state index is 11.6. The third-order valence-corrected chi connectivity index (χ3v) is 3.28. The van der Waals surface area contributed by atoms with Crippen LogP contribution in [0, 0.1) is 0 Å². The number of carbonyl (C=O) groups excluding carboxylic acids is 1. The third kappa shape index (κ3) is 2.80. The molecule has 1 aromatic heterocycles. The monoisotopic (exact) mass is 298 g/mol. The van der Waals surface area contributed by atoms with Gasteiger partial charge in [0.15, 0.2) is 0 Å². The number of hydrogen-bond donors (Lipinski definition) is 1. The van der Waals surface area contributed by atoms with Crippen LogP contribution in [0.25, 0.3) is 0 Å². The minimum Gasteiger partial charge on any atom is -0.347 e. The van der Waals surface area contributed by atoms with Crippen LogP contribution >= 0.6 is 46.4 Å². The first kappa shape index (κ1) is 13.6. The van der Waals surface area contributed by atoms with Crippen LogP contribution in [-0.4, -0.2) is 17.4 Å². The molecular formula is C9H6Cl4N2O. The first-order valence-electron chi connectivity index (χ1n) is 4.08. The smallest absolute Gasteiger partial charge is 0.271 e. The molecule has 1 N–H and O–H groups in total. The number of amides is 1. The van der Waals surface area contributed by atoms with Crippen molar-refractivity contribution in [1.29, 1.82) is 0 Å². The highest BCUT2D eigenvalue weighted by molar-refractivity contribution is 6.52. The summed E-state index contributed by atoms with van der Waals surface area (Å²) in [6.45, 7) is 3.74. The van der Waals surface area contributed by atoms with E-state index in [1.54, 1.807) is 0 Å². The maximum absolute atomic E-state index is 11.6. The Morgan fingerprint density at radius 3 is 2.44 bits per heavy atom. The van der Waals surface area contributed by atoms with Crippen LogP contribution in [0.1, 0.15) is 10.5 Å². The van der Waals surface area contributed by atoms with Gasteiger partial charge >= 0.3 is 0 Å². The molecule has 3 nitrogen and oxygen atoms in total. The summed E-state index contributed by atoms with van der Waals surface area (Å²) in [7, 11) is 0. The van der Waals surface area contributed by atoms with Crippen molar-refractivity contribution in [3.05, 3.63) is 38.6 Å². The second kappa shape index (κ2) is 5.73. The summed E-state index contributed by atoms with van der Waals surface area (Å²) >= 11 is 23.0. The average Bonchev–Trinajstić information content (AvgIpc) is 2.28. The lowest BCUT2D eigenvalue weighted by atomic mass is 10.3. The molecule has 86 valence electrons. The molecule has 0 unspecified atom stereocenters. The lowest BCUT2D eigenvalue weighted by molar-refractivity contribution is 0.0953. The molecule has 0 fully saturated rings. The van der Waals surface area contributed by atoms with E-state index >= 15 is 0 Å². The molecule has 0 aliphatic rings. The largest absolute Gasteiger partial charge is 0.347 e. The van der Waals surface area contributed by atoms with Gasteiger partial charge in [-0.15, -0.1) is 6.58 Å². The Morgan fingerprint density at radius 1 is 1.25 bits per heavy atom. The van der Waals surface area contributed by atoms with Crippen LogP contribution < -0.4 is 5.32 Å². The van der Waals surface area contributed by atoms with Gasteiger partial charge < -0.3 is 5.32 Å². The third-order valence-electron chi connectivity index (χ3n) is 1.61. The molecule has 7 heteroatoms. The lowest BCUT2D eigenvalue weighted by Crippen LogP contribution is -2.24. The topological polar surface area (TPSA) is 42.0 Å². The van der Waals surface area contributed by atoms with E-state index in [1.165, 1.54) is 6.08 Å². The highest BCUT2D eigenvalue weighted by Crippen LogP contribution is 2.35. The number of rotatable bonds is 3. The van der Waals surface area contributed by atoms with Crippen molar-refractivity contribution < 1.29 is 4.79 Å². The molecule has 0 aliphatic carbocycles. The molecule has 0 aliphatic heterocycles.